The van der Waals surface area contributed by atoms with Gasteiger partial charge < -0.3 is 25.7 Å². The Morgan fingerprint density at radius 1 is 1.10 bits per heavy atom. The van der Waals surface area contributed by atoms with Gasteiger partial charge in [-0.15, -0.1) is 0 Å². The molecule has 0 saturated carbocycles. The van der Waals surface area contributed by atoms with Crippen LogP contribution >= 0.6 is 0 Å². The highest BCUT2D eigenvalue weighted by atomic mass is 16.5. The lowest BCUT2D eigenvalue weighted by Crippen LogP contribution is -2.23. The molecule has 2 aromatic carbocycles. The molecule has 1 aliphatic rings. The summed E-state index contributed by atoms with van der Waals surface area (Å²) < 4.78 is 16.4. The van der Waals surface area contributed by atoms with Gasteiger partial charge >= 0.3 is 0 Å². The Hall–Kier alpha value is -2.77. The van der Waals surface area contributed by atoms with Crippen LogP contribution < -0.4 is 25.7 Å². The largest absolute Gasteiger partial charge is 0.493 e. The number of nitrogens with zero attached hydrogens (tertiary/aromatic N) is 1. The van der Waals surface area contributed by atoms with Crippen molar-refractivity contribution in [2.24, 2.45) is 17.4 Å². The van der Waals surface area contributed by atoms with Crippen LogP contribution in [0.1, 0.15) is 17.0 Å². The lowest BCUT2D eigenvalue weighted by Gasteiger charge is -2.19. The summed E-state index contributed by atoms with van der Waals surface area (Å²) in [5.74, 6) is 1.67. The number of methoxy groups -OCH3 is 2. The van der Waals surface area contributed by atoms with Crippen molar-refractivity contribution in [3.63, 3.8) is 0 Å². The number of rotatable bonds is 9. The Bertz CT molecular complexity index is 803. The van der Waals surface area contributed by atoms with E-state index in [1.807, 2.05) is 18.2 Å². The van der Waals surface area contributed by atoms with Crippen LogP contribution in [0.3, 0.4) is 0 Å². The van der Waals surface area contributed by atoms with Crippen molar-refractivity contribution in [3.05, 3.63) is 53.6 Å². The molecule has 0 aliphatic carbocycles. The number of nitrogens with two attached hydrogens (primary N) is 2. The molecule has 1 amide bonds. The second-order valence-electron chi connectivity index (χ2n) is 7.29. The summed E-state index contributed by atoms with van der Waals surface area (Å²) in [6.45, 7) is 3.03. The normalized spacial score (nSPS) is 19.1. The molecule has 2 aromatic rings. The first-order valence-electron chi connectivity index (χ1n) is 9.69. The van der Waals surface area contributed by atoms with Crippen molar-refractivity contribution >= 4 is 5.91 Å². The summed E-state index contributed by atoms with van der Waals surface area (Å²) in [5.41, 5.74) is 13.6. The van der Waals surface area contributed by atoms with Crippen LogP contribution in [-0.4, -0.2) is 51.3 Å². The molecule has 1 aliphatic heterocycles. The Kier molecular flexibility index (Phi) is 6.95. The molecule has 1 saturated heterocycles. The lowest BCUT2D eigenvalue weighted by molar-refractivity contribution is -0.120. The molecule has 0 radical (unpaired) electrons. The lowest BCUT2D eigenvalue weighted by atomic mass is 9.89. The third-order valence-electron chi connectivity index (χ3n) is 5.33. The molecule has 3 rings (SSSR count). The first-order chi connectivity index (χ1) is 14.0. The van der Waals surface area contributed by atoms with Gasteiger partial charge in [0, 0.05) is 25.6 Å². The minimum Gasteiger partial charge on any atom is -0.493 e. The highest BCUT2D eigenvalue weighted by Crippen LogP contribution is 2.40. The van der Waals surface area contributed by atoms with Crippen LogP contribution in [-0.2, 0) is 11.3 Å². The van der Waals surface area contributed by atoms with Gasteiger partial charge in [-0.3, -0.25) is 9.69 Å². The van der Waals surface area contributed by atoms with Crippen molar-refractivity contribution in [1.82, 2.24) is 4.90 Å². The summed E-state index contributed by atoms with van der Waals surface area (Å²) >= 11 is 0. The van der Waals surface area contributed by atoms with Gasteiger partial charge in [0.15, 0.2) is 18.1 Å². The van der Waals surface area contributed by atoms with Gasteiger partial charge in [-0.25, -0.2) is 0 Å². The molecular formula is C22H29N3O4. The van der Waals surface area contributed by atoms with E-state index in [9.17, 15) is 4.79 Å². The monoisotopic (exact) mass is 399 g/mol. The van der Waals surface area contributed by atoms with E-state index in [0.29, 0.717) is 35.6 Å². The predicted octanol–water partition coefficient (Wildman–Crippen LogP) is 1.74. The Balaban J connectivity index is 1.78. The zero-order valence-corrected chi connectivity index (χ0v) is 17.0. The van der Waals surface area contributed by atoms with Gasteiger partial charge in [-0.2, -0.15) is 0 Å². The second kappa shape index (κ2) is 9.62. The Morgan fingerprint density at radius 3 is 2.31 bits per heavy atom. The highest BCUT2D eigenvalue weighted by Gasteiger charge is 2.33. The maximum atomic E-state index is 11.1. The number of hydrogen-bond acceptors (Lipinski definition) is 6. The number of carbonyl (C=O) groups excluding carboxylic acids is 1. The van der Waals surface area contributed by atoms with Crippen molar-refractivity contribution in [2.45, 2.75) is 12.5 Å². The van der Waals surface area contributed by atoms with Crippen LogP contribution in [0.5, 0.6) is 17.2 Å². The van der Waals surface area contributed by atoms with E-state index >= 15 is 0 Å². The maximum absolute atomic E-state index is 11.1. The van der Waals surface area contributed by atoms with Crippen LogP contribution in [0.2, 0.25) is 0 Å². The average Bonchev–Trinajstić information content (AvgIpc) is 3.15. The van der Waals surface area contributed by atoms with Gasteiger partial charge in [0.1, 0.15) is 0 Å². The molecule has 0 aromatic heterocycles. The van der Waals surface area contributed by atoms with Gasteiger partial charge in [-0.05, 0) is 35.7 Å². The SMILES string of the molecule is COc1cc(CN2C[C@@H](CN)[C@H](c3ccccc3)C2)cc(OC)c1OCC(N)=O. The molecule has 0 unspecified atom stereocenters. The molecule has 156 valence electrons. The van der Waals surface area contributed by atoms with Crippen molar-refractivity contribution in [1.29, 1.82) is 0 Å². The first-order valence-corrected chi connectivity index (χ1v) is 9.69. The third-order valence-corrected chi connectivity index (χ3v) is 5.33. The number of ether oxygens (including phenoxy) is 3. The number of carbonyl (C=O) groups is 1. The Morgan fingerprint density at radius 2 is 1.76 bits per heavy atom. The van der Waals surface area contributed by atoms with Crippen LogP contribution in [0.15, 0.2) is 42.5 Å². The van der Waals surface area contributed by atoms with E-state index < -0.39 is 5.91 Å². The number of hydrogen-bond donors (Lipinski definition) is 2. The maximum Gasteiger partial charge on any atom is 0.255 e. The number of primary amides is 1. The molecule has 0 bridgehead atoms. The van der Waals surface area contributed by atoms with Crippen LogP contribution in [0.4, 0.5) is 0 Å². The van der Waals surface area contributed by atoms with E-state index in [4.69, 9.17) is 25.7 Å². The summed E-state index contributed by atoms with van der Waals surface area (Å²) in [6, 6.07) is 14.4. The molecule has 7 heteroatoms. The van der Waals surface area contributed by atoms with Gasteiger partial charge in [0.25, 0.3) is 5.91 Å². The summed E-state index contributed by atoms with van der Waals surface area (Å²) in [7, 11) is 3.11. The number of likely N-dealkylation sites (tertiary alicyclic amines) is 1. The number of benzene rings is 2. The van der Waals surface area contributed by atoms with Crippen LogP contribution in [0.25, 0.3) is 0 Å². The summed E-state index contributed by atoms with van der Waals surface area (Å²) in [4.78, 5) is 13.5. The van der Waals surface area contributed by atoms with Crippen LogP contribution in [0, 0.1) is 5.92 Å². The topological polar surface area (TPSA) is 100 Å². The second-order valence-corrected chi connectivity index (χ2v) is 7.29. The zero-order valence-electron chi connectivity index (χ0n) is 17.0. The fourth-order valence-electron chi connectivity index (χ4n) is 3.98. The third kappa shape index (κ3) is 4.99. The molecular weight excluding hydrogens is 370 g/mol. The van der Waals surface area contributed by atoms with E-state index in [1.54, 1.807) is 14.2 Å². The fraction of sp³-hybridized carbons (Fsp3) is 0.409. The number of amides is 1. The summed E-state index contributed by atoms with van der Waals surface area (Å²) in [6.07, 6.45) is 0. The minimum atomic E-state index is -0.560. The van der Waals surface area contributed by atoms with E-state index in [0.717, 1.165) is 25.2 Å². The molecule has 2 atom stereocenters. The van der Waals surface area contributed by atoms with Gasteiger partial charge in [-0.1, -0.05) is 30.3 Å². The smallest absolute Gasteiger partial charge is 0.255 e. The van der Waals surface area contributed by atoms with E-state index in [-0.39, 0.29) is 6.61 Å². The highest BCUT2D eigenvalue weighted by molar-refractivity contribution is 5.75. The predicted molar refractivity (Wildman–Crippen MR) is 111 cm³/mol. The Labute approximate surface area is 171 Å². The van der Waals surface area contributed by atoms with Crippen molar-refractivity contribution in [3.8, 4) is 17.2 Å². The first kappa shape index (κ1) is 21.0. The fourth-order valence-corrected chi connectivity index (χ4v) is 3.98. The van der Waals surface area contributed by atoms with E-state index in [1.165, 1.54) is 5.56 Å². The summed E-state index contributed by atoms with van der Waals surface area (Å²) in [5, 5.41) is 0. The molecule has 1 heterocycles. The molecule has 29 heavy (non-hydrogen) atoms. The molecule has 4 N–H and O–H groups in total. The van der Waals surface area contributed by atoms with Crippen molar-refractivity contribution in [2.75, 3.05) is 40.5 Å². The van der Waals surface area contributed by atoms with Crippen molar-refractivity contribution < 1.29 is 19.0 Å². The standard InChI is InChI=1S/C22H29N3O4/c1-27-19-8-15(9-20(28-2)22(19)29-14-21(24)26)11-25-12-17(10-23)18(13-25)16-6-4-3-5-7-16/h3-9,17-18H,10-14,23H2,1-2H3,(H2,24,26)/t17-,18+/m1/s1. The quantitative estimate of drug-likeness (QED) is 0.666. The molecule has 1 fully saturated rings. The minimum absolute atomic E-state index is 0.241. The zero-order chi connectivity index (χ0) is 20.8. The molecule has 0 spiro atoms. The van der Waals surface area contributed by atoms with Gasteiger partial charge in [0.2, 0.25) is 5.75 Å². The molecule has 7 nitrogen and oxygen atoms in total. The van der Waals surface area contributed by atoms with Gasteiger partial charge in [0.05, 0.1) is 14.2 Å². The van der Waals surface area contributed by atoms with E-state index in [2.05, 4.69) is 29.2 Å². The average molecular weight is 399 g/mol.